The highest BCUT2D eigenvalue weighted by atomic mass is 16.6. The summed E-state index contributed by atoms with van der Waals surface area (Å²) >= 11 is 0. The number of unbranched alkanes of at least 4 members (excludes halogenated alkanes) is 31. The molecule has 0 fully saturated rings. The SMILES string of the molecule is CC/C=C\C/C=C\C/C=C\C/C=C\CCCCCCCCCCC(=O)OCC(COC(=O)CCCCCCC/C=C\CCCCCC)OC(=O)CCCCCCCCCCC/C=C\C/C=C\CCCCCCC. The van der Waals surface area contributed by atoms with Gasteiger partial charge in [0.1, 0.15) is 13.2 Å². The molecule has 0 N–H and O–H groups in total. The van der Waals surface area contributed by atoms with Crippen LogP contribution in [0.2, 0.25) is 0 Å². The Balaban J connectivity index is 4.37. The highest BCUT2D eigenvalue weighted by Gasteiger charge is 2.19. The molecule has 6 heteroatoms. The van der Waals surface area contributed by atoms with Crippen LogP contribution < -0.4 is 0 Å². The number of allylic oxidation sites excluding steroid dienone is 14. The highest BCUT2D eigenvalue weighted by molar-refractivity contribution is 5.71. The minimum atomic E-state index is -0.787. The number of rotatable bonds is 56. The molecule has 0 saturated carbocycles. The summed E-state index contributed by atoms with van der Waals surface area (Å²) in [7, 11) is 0. The van der Waals surface area contributed by atoms with Crippen LogP contribution in [0.4, 0.5) is 0 Å². The minimum Gasteiger partial charge on any atom is -0.462 e. The predicted molar refractivity (Wildman–Crippen MR) is 316 cm³/mol. The van der Waals surface area contributed by atoms with Gasteiger partial charge in [-0.05, 0) is 116 Å². The van der Waals surface area contributed by atoms with Crippen molar-refractivity contribution in [2.24, 2.45) is 0 Å². The van der Waals surface area contributed by atoms with E-state index in [2.05, 4.69) is 106 Å². The molecule has 1 atom stereocenters. The van der Waals surface area contributed by atoms with Crippen molar-refractivity contribution in [2.45, 2.75) is 309 Å². The summed E-state index contributed by atoms with van der Waals surface area (Å²) in [5.41, 5.74) is 0. The van der Waals surface area contributed by atoms with E-state index in [0.717, 1.165) is 103 Å². The maximum atomic E-state index is 12.9. The summed E-state index contributed by atoms with van der Waals surface area (Å²) in [5.74, 6) is -0.895. The van der Waals surface area contributed by atoms with Crippen LogP contribution in [-0.2, 0) is 28.6 Å². The molecule has 0 saturated heterocycles. The Morgan fingerprint density at radius 3 is 0.863 bits per heavy atom. The fourth-order valence-corrected chi connectivity index (χ4v) is 8.69. The fourth-order valence-electron chi connectivity index (χ4n) is 8.69. The van der Waals surface area contributed by atoms with Crippen LogP contribution in [0.25, 0.3) is 0 Å². The van der Waals surface area contributed by atoms with E-state index in [1.807, 2.05) is 0 Å². The molecule has 6 nitrogen and oxygen atoms in total. The first kappa shape index (κ1) is 69.6. The van der Waals surface area contributed by atoms with Crippen molar-refractivity contribution in [1.29, 1.82) is 0 Å². The van der Waals surface area contributed by atoms with E-state index in [1.54, 1.807) is 0 Å². The smallest absolute Gasteiger partial charge is 0.306 e. The van der Waals surface area contributed by atoms with Gasteiger partial charge in [0.05, 0.1) is 0 Å². The number of ether oxygens (including phenoxy) is 3. The third-order valence-corrected chi connectivity index (χ3v) is 13.4. The Hall–Kier alpha value is -3.41. The lowest BCUT2D eigenvalue weighted by Gasteiger charge is -2.18. The van der Waals surface area contributed by atoms with Crippen molar-refractivity contribution in [3.8, 4) is 0 Å². The van der Waals surface area contributed by atoms with Crippen LogP contribution >= 0.6 is 0 Å². The van der Waals surface area contributed by atoms with Gasteiger partial charge in [0.25, 0.3) is 0 Å². The lowest BCUT2D eigenvalue weighted by Crippen LogP contribution is -2.30. The van der Waals surface area contributed by atoms with Gasteiger partial charge in [-0.1, -0.05) is 254 Å². The summed E-state index contributed by atoms with van der Waals surface area (Å²) in [6.07, 6.45) is 80.0. The molecule has 0 aliphatic carbocycles. The maximum Gasteiger partial charge on any atom is 0.306 e. The van der Waals surface area contributed by atoms with Gasteiger partial charge in [0.2, 0.25) is 0 Å². The molecular formula is C67H116O6. The number of esters is 3. The van der Waals surface area contributed by atoms with Crippen LogP contribution in [-0.4, -0.2) is 37.2 Å². The van der Waals surface area contributed by atoms with E-state index in [-0.39, 0.29) is 31.1 Å². The fraction of sp³-hybridized carbons (Fsp3) is 0.746. The monoisotopic (exact) mass is 1020 g/mol. The normalized spacial score (nSPS) is 12.6. The minimum absolute atomic E-state index is 0.0843. The quantitative estimate of drug-likeness (QED) is 0.0261. The molecule has 0 aliphatic rings. The Labute approximate surface area is 452 Å². The third kappa shape index (κ3) is 59.3. The molecule has 0 amide bonds. The van der Waals surface area contributed by atoms with Crippen molar-refractivity contribution >= 4 is 17.9 Å². The first-order valence-corrected chi connectivity index (χ1v) is 31.1. The van der Waals surface area contributed by atoms with Crippen molar-refractivity contribution < 1.29 is 28.6 Å². The molecule has 1 unspecified atom stereocenters. The lowest BCUT2D eigenvalue weighted by molar-refractivity contribution is -0.167. The van der Waals surface area contributed by atoms with Crippen molar-refractivity contribution in [1.82, 2.24) is 0 Å². The molecule has 0 radical (unpaired) electrons. The van der Waals surface area contributed by atoms with Gasteiger partial charge in [-0.25, -0.2) is 0 Å². The Kier molecular flexibility index (Phi) is 58.3. The largest absolute Gasteiger partial charge is 0.462 e. The topological polar surface area (TPSA) is 78.9 Å². The van der Waals surface area contributed by atoms with Crippen molar-refractivity contribution in [3.05, 3.63) is 85.1 Å². The first-order chi connectivity index (χ1) is 36.0. The van der Waals surface area contributed by atoms with Crippen LogP contribution in [0.1, 0.15) is 303 Å². The molecule has 0 aromatic carbocycles. The van der Waals surface area contributed by atoms with Gasteiger partial charge in [-0.15, -0.1) is 0 Å². The number of hydrogen-bond acceptors (Lipinski definition) is 6. The van der Waals surface area contributed by atoms with E-state index >= 15 is 0 Å². The van der Waals surface area contributed by atoms with Gasteiger partial charge < -0.3 is 14.2 Å². The van der Waals surface area contributed by atoms with Gasteiger partial charge in [-0.3, -0.25) is 14.4 Å². The van der Waals surface area contributed by atoms with E-state index in [0.29, 0.717) is 19.3 Å². The summed E-state index contributed by atoms with van der Waals surface area (Å²) in [5, 5.41) is 0. The Morgan fingerprint density at radius 2 is 0.534 bits per heavy atom. The second kappa shape index (κ2) is 61.1. The molecule has 0 aliphatic heterocycles. The lowest BCUT2D eigenvalue weighted by atomic mass is 10.1. The molecule has 0 aromatic heterocycles. The maximum absolute atomic E-state index is 12.9. The van der Waals surface area contributed by atoms with E-state index in [1.165, 1.54) is 161 Å². The zero-order chi connectivity index (χ0) is 52.9. The number of hydrogen-bond donors (Lipinski definition) is 0. The predicted octanol–water partition coefficient (Wildman–Crippen LogP) is 21.1. The molecule has 0 bridgehead atoms. The second-order valence-corrected chi connectivity index (χ2v) is 20.6. The number of carbonyl (C=O) groups excluding carboxylic acids is 3. The van der Waals surface area contributed by atoms with Crippen LogP contribution in [0.5, 0.6) is 0 Å². The Bertz CT molecular complexity index is 1400. The highest BCUT2D eigenvalue weighted by Crippen LogP contribution is 2.16. The molecule has 0 aromatic rings. The standard InChI is InChI=1S/C67H116O6/c1-4-7-10-13-16-19-22-25-27-29-31-33-35-37-39-42-45-48-51-54-57-60-66(69)72-63-64(62-71-65(68)59-56-53-50-47-44-41-24-21-18-15-12-9-6-3)73-67(70)61-58-55-52-49-46-43-40-38-36-34-32-30-28-26-23-20-17-14-11-8-5-2/h7,10,16,19,21,23-27,30-33,64H,4-6,8-9,11-15,17-18,20,22,28-29,34-63H2,1-3H3/b10-7-,19-16-,24-21-,26-23-,27-25-,32-30-,33-31-. The average Bonchev–Trinajstić information content (AvgIpc) is 3.39. The summed E-state index contributed by atoms with van der Waals surface area (Å²) in [4.78, 5) is 38.3. The van der Waals surface area contributed by atoms with Crippen LogP contribution in [0.3, 0.4) is 0 Å². The second-order valence-electron chi connectivity index (χ2n) is 20.6. The number of carbonyl (C=O) groups is 3. The molecular weight excluding hydrogens is 901 g/mol. The first-order valence-electron chi connectivity index (χ1n) is 31.1. The Morgan fingerprint density at radius 1 is 0.288 bits per heavy atom. The van der Waals surface area contributed by atoms with E-state index in [4.69, 9.17) is 14.2 Å². The van der Waals surface area contributed by atoms with Gasteiger partial charge in [0, 0.05) is 19.3 Å². The van der Waals surface area contributed by atoms with Gasteiger partial charge >= 0.3 is 17.9 Å². The summed E-state index contributed by atoms with van der Waals surface area (Å²) in [6, 6.07) is 0. The molecule has 0 heterocycles. The zero-order valence-corrected chi connectivity index (χ0v) is 48.1. The van der Waals surface area contributed by atoms with Crippen molar-refractivity contribution in [2.75, 3.05) is 13.2 Å². The molecule has 0 rings (SSSR count). The average molecular weight is 1020 g/mol. The third-order valence-electron chi connectivity index (χ3n) is 13.4. The van der Waals surface area contributed by atoms with E-state index < -0.39 is 6.10 Å². The summed E-state index contributed by atoms with van der Waals surface area (Å²) in [6.45, 7) is 6.51. The van der Waals surface area contributed by atoms with Crippen LogP contribution in [0, 0.1) is 0 Å². The van der Waals surface area contributed by atoms with E-state index in [9.17, 15) is 14.4 Å². The molecule has 0 spiro atoms. The van der Waals surface area contributed by atoms with Gasteiger partial charge in [-0.2, -0.15) is 0 Å². The molecule has 420 valence electrons. The zero-order valence-electron chi connectivity index (χ0n) is 48.1. The molecule has 73 heavy (non-hydrogen) atoms. The van der Waals surface area contributed by atoms with Crippen molar-refractivity contribution in [3.63, 3.8) is 0 Å². The summed E-state index contributed by atoms with van der Waals surface area (Å²) < 4.78 is 16.9. The van der Waals surface area contributed by atoms with Crippen LogP contribution in [0.15, 0.2) is 85.1 Å². The van der Waals surface area contributed by atoms with Gasteiger partial charge in [0.15, 0.2) is 6.10 Å².